The lowest BCUT2D eigenvalue weighted by Gasteiger charge is -2.47. The third kappa shape index (κ3) is 3.06. The van der Waals surface area contributed by atoms with Crippen LogP contribution >= 0.6 is 0 Å². The van der Waals surface area contributed by atoms with Gasteiger partial charge in [0.2, 0.25) is 0 Å². The summed E-state index contributed by atoms with van der Waals surface area (Å²) in [6.45, 7) is 14.0. The standard InChI is InChI=1S/C18H35NO/c1-16(2)11-9-8-10-13(16)15(19-7)14-12-17(3,4)20-18(14,5)6/h13-15,19H,8-12H2,1-7H3. The van der Waals surface area contributed by atoms with Crippen LogP contribution in [0.1, 0.15) is 73.6 Å². The summed E-state index contributed by atoms with van der Waals surface area (Å²) in [4.78, 5) is 0. The number of ether oxygens (including phenoxy) is 1. The first-order chi connectivity index (χ1) is 9.09. The number of rotatable bonds is 3. The van der Waals surface area contributed by atoms with Gasteiger partial charge in [0, 0.05) is 12.0 Å². The van der Waals surface area contributed by atoms with E-state index in [0.717, 1.165) is 12.3 Å². The van der Waals surface area contributed by atoms with E-state index in [1.54, 1.807) is 0 Å². The molecule has 3 atom stereocenters. The predicted octanol–water partition coefficient (Wildman–Crippen LogP) is 4.38. The lowest BCUT2D eigenvalue weighted by molar-refractivity contribution is -0.0829. The van der Waals surface area contributed by atoms with Crippen LogP contribution in [0.25, 0.3) is 0 Å². The maximum absolute atomic E-state index is 6.35. The topological polar surface area (TPSA) is 21.3 Å². The molecule has 0 amide bonds. The molecule has 20 heavy (non-hydrogen) atoms. The van der Waals surface area contributed by atoms with Crippen LogP contribution < -0.4 is 5.32 Å². The van der Waals surface area contributed by atoms with Gasteiger partial charge in [0.1, 0.15) is 0 Å². The molecule has 0 aromatic rings. The molecule has 1 heterocycles. The highest BCUT2D eigenvalue weighted by Crippen LogP contribution is 2.50. The largest absolute Gasteiger partial charge is 0.369 e. The highest BCUT2D eigenvalue weighted by molar-refractivity contribution is 5.03. The van der Waals surface area contributed by atoms with Gasteiger partial charge in [0.15, 0.2) is 0 Å². The predicted molar refractivity (Wildman–Crippen MR) is 85.9 cm³/mol. The molecule has 2 fully saturated rings. The van der Waals surface area contributed by atoms with E-state index in [4.69, 9.17) is 4.74 Å². The van der Waals surface area contributed by atoms with Crippen molar-refractivity contribution in [3.8, 4) is 0 Å². The first-order valence-electron chi connectivity index (χ1n) is 8.46. The maximum Gasteiger partial charge on any atom is 0.0677 e. The summed E-state index contributed by atoms with van der Waals surface area (Å²) in [6, 6.07) is 0.571. The smallest absolute Gasteiger partial charge is 0.0677 e. The Morgan fingerprint density at radius 3 is 2.10 bits per heavy atom. The van der Waals surface area contributed by atoms with Gasteiger partial charge in [-0.05, 0) is 65.3 Å². The van der Waals surface area contributed by atoms with Crippen molar-refractivity contribution in [2.24, 2.45) is 17.3 Å². The zero-order valence-corrected chi connectivity index (χ0v) is 14.7. The number of hydrogen-bond acceptors (Lipinski definition) is 2. The Bertz CT molecular complexity index is 345. The van der Waals surface area contributed by atoms with E-state index >= 15 is 0 Å². The van der Waals surface area contributed by atoms with Gasteiger partial charge in [-0.3, -0.25) is 0 Å². The molecular weight excluding hydrogens is 246 g/mol. The van der Waals surface area contributed by atoms with Gasteiger partial charge in [-0.1, -0.05) is 26.7 Å². The van der Waals surface area contributed by atoms with Crippen molar-refractivity contribution < 1.29 is 4.74 Å². The Morgan fingerprint density at radius 2 is 1.65 bits per heavy atom. The number of hydrogen-bond donors (Lipinski definition) is 1. The second-order valence-electron chi connectivity index (χ2n) is 8.93. The summed E-state index contributed by atoms with van der Waals surface area (Å²) in [6.07, 6.45) is 6.69. The average molecular weight is 281 g/mol. The Hall–Kier alpha value is -0.0800. The van der Waals surface area contributed by atoms with E-state index in [1.165, 1.54) is 25.7 Å². The fourth-order valence-corrected chi connectivity index (χ4v) is 5.03. The summed E-state index contributed by atoms with van der Waals surface area (Å²) >= 11 is 0. The van der Waals surface area contributed by atoms with E-state index in [0.29, 0.717) is 17.4 Å². The molecule has 1 aliphatic heterocycles. The third-order valence-corrected chi connectivity index (χ3v) is 5.93. The number of nitrogens with one attached hydrogen (secondary N) is 1. The molecule has 0 aromatic carbocycles. The van der Waals surface area contributed by atoms with Gasteiger partial charge in [0.05, 0.1) is 11.2 Å². The average Bonchev–Trinajstić information content (AvgIpc) is 2.50. The van der Waals surface area contributed by atoms with Crippen molar-refractivity contribution in [3.05, 3.63) is 0 Å². The molecule has 2 rings (SSSR count). The molecule has 2 aliphatic rings. The molecule has 1 saturated carbocycles. The second kappa shape index (κ2) is 5.28. The molecular formula is C18H35NO. The minimum absolute atomic E-state index is 0.0159. The van der Waals surface area contributed by atoms with Crippen LogP contribution in [-0.4, -0.2) is 24.3 Å². The Labute approximate surface area is 126 Å². The Kier molecular flexibility index (Phi) is 4.30. The van der Waals surface area contributed by atoms with E-state index in [2.05, 4.69) is 53.9 Å². The second-order valence-corrected chi connectivity index (χ2v) is 8.93. The van der Waals surface area contributed by atoms with Gasteiger partial charge >= 0.3 is 0 Å². The normalized spacial score (nSPS) is 36.8. The molecule has 118 valence electrons. The van der Waals surface area contributed by atoms with E-state index in [-0.39, 0.29) is 11.2 Å². The monoisotopic (exact) mass is 281 g/mol. The molecule has 3 unspecified atom stereocenters. The quantitative estimate of drug-likeness (QED) is 0.828. The summed E-state index contributed by atoms with van der Waals surface area (Å²) in [5, 5.41) is 3.68. The van der Waals surface area contributed by atoms with Crippen LogP contribution in [0.15, 0.2) is 0 Å². The van der Waals surface area contributed by atoms with Crippen molar-refractivity contribution in [2.45, 2.75) is 90.9 Å². The first-order valence-corrected chi connectivity index (χ1v) is 8.46. The Morgan fingerprint density at radius 1 is 1.00 bits per heavy atom. The van der Waals surface area contributed by atoms with E-state index in [1.807, 2.05) is 0 Å². The van der Waals surface area contributed by atoms with E-state index in [9.17, 15) is 0 Å². The maximum atomic E-state index is 6.35. The molecule has 0 spiro atoms. The lowest BCUT2D eigenvalue weighted by atomic mass is 9.61. The Balaban J connectivity index is 2.24. The van der Waals surface area contributed by atoms with Crippen molar-refractivity contribution in [1.82, 2.24) is 5.32 Å². The molecule has 1 N–H and O–H groups in total. The van der Waals surface area contributed by atoms with Crippen molar-refractivity contribution in [2.75, 3.05) is 7.05 Å². The van der Waals surface area contributed by atoms with Gasteiger partial charge in [-0.2, -0.15) is 0 Å². The summed E-state index contributed by atoms with van der Waals surface area (Å²) in [5.74, 6) is 1.37. The molecule has 1 aliphatic carbocycles. The fraction of sp³-hybridized carbons (Fsp3) is 1.00. The SMILES string of the molecule is CNC(C1CCCCC1(C)C)C1CC(C)(C)OC1(C)C. The van der Waals surface area contributed by atoms with Crippen LogP contribution in [0.4, 0.5) is 0 Å². The molecule has 2 nitrogen and oxygen atoms in total. The minimum atomic E-state index is -0.0231. The molecule has 0 bridgehead atoms. The lowest BCUT2D eigenvalue weighted by Crippen LogP contribution is -2.52. The molecule has 2 heteroatoms. The van der Waals surface area contributed by atoms with Gasteiger partial charge in [-0.15, -0.1) is 0 Å². The van der Waals surface area contributed by atoms with Crippen LogP contribution in [0.5, 0.6) is 0 Å². The zero-order valence-electron chi connectivity index (χ0n) is 14.7. The van der Waals surface area contributed by atoms with Crippen molar-refractivity contribution >= 4 is 0 Å². The van der Waals surface area contributed by atoms with Crippen LogP contribution in [0.3, 0.4) is 0 Å². The van der Waals surface area contributed by atoms with Crippen LogP contribution in [-0.2, 0) is 4.74 Å². The van der Waals surface area contributed by atoms with Crippen LogP contribution in [0, 0.1) is 17.3 Å². The highest BCUT2D eigenvalue weighted by atomic mass is 16.5. The molecule has 1 saturated heterocycles. The van der Waals surface area contributed by atoms with Crippen molar-refractivity contribution in [3.63, 3.8) is 0 Å². The van der Waals surface area contributed by atoms with Gasteiger partial charge < -0.3 is 10.1 Å². The molecule has 0 radical (unpaired) electrons. The summed E-state index contributed by atoms with van der Waals surface area (Å²) < 4.78 is 6.35. The molecule has 0 aromatic heterocycles. The third-order valence-electron chi connectivity index (χ3n) is 5.93. The van der Waals surface area contributed by atoms with Crippen molar-refractivity contribution in [1.29, 1.82) is 0 Å². The summed E-state index contributed by atoms with van der Waals surface area (Å²) in [5.41, 5.74) is 0.446. The highest BCUT2D eigenvalue weighted by Gasteiger charge is 2.52. The van der Waals surface area contributed by atoms with Gasteiger partial charge in [-0.25, -0.2) is 0 Å². The van der Waals surface area contributed by atoms with Crippen LogP contribution in [0.2, 0.25) is 0 Å². The summed E-state index contributed by atoms with van der Waals surface area (Å²) in [7, 11) is 2.15. The van der Waals surface area contributed by atoms with Gasteiger partial charge in [0.25, 0.3) is 0 Å². The zero-order chi connectivity index (χ0) is 15.2. The fourth-order valence-electron chi connectivity index (χ4n) is 5.03. The first kappa shape index (κ1) is 16.3. The minimum Gasteiger partial charge on any atom is -0.369 e. The van der Waals surface area contributed by atoms with E-state index < -0.39 is 0 Å².